The van der Waals surface area contributed by atoms with Gasteiger partial charge in [0.15, 0.2) is 0 Å². The average molecular weight is 136 g/mol. The van der Waals surface area contributed by atoms with Gasteiger partial charge in [-0.2, -0.15) is 5.26 Å². The van der Waals surface area contributed by atoms with Crippen LogP contribution in [0.1, 0.15) is 38.5 Å². The molecule has 0 aliphatic heterocycles. The fourth-order valence-corrected chi connectivity index (χ4v) is 0.809. The second-order valence-corrected chi connectivity index (χ2v) is 2.32. The predicted octanol–water partition coefficient (Wildman–Crippen LogP) is 2.77. The third kappa shape index (κ3) is 7.49. The Balaban J connectivity index is 2.72. The summed E-state index contributed by atoms with van der Waals surface area (Å²) in [6, 6.07) is 2.01. The molecule has 1 nitrogen and oxygen atoms in total. The van der Waals surface area contributed by atoms with Crippen molar-refractivity contribution in [3.63, 3.8) is 0 Å². The molecule has 0 saturated carbocycles. The second kappa shape index (κ2) is 8.49. The Labute approximate surface area is 64.1 Å². The Morgan fingerprint density at radius 3 is 2.50 bits per heavy atom. The molecule has 0 heterocycles. The Morgan fingerprint density at radius 1 is 1.20 bits per heavy atom. The minimum absolute atomic E-state index is 0.794. The first-order valence-corrected chi connectivity index (χ1v) is 3.83. The van der Waals surface area contributed by atoms with Gasteiger partial charge in [0.25, 0.3) is 0 Å². The molecule has 0 unspecified atom stereocenters. The highest BCUT2D eigenvalue weighted by molar-refractivity contribution is 4.90. The molecule has 0 N–H and O–H groups in total. The van der Waals surface area contributed by atoms with Crippen LogP contribution in [-0.2, 0) is 0 Å². The molecule has 55 valence electrons. The molecule has 0 spiro atoms. The van der Waals surface area contributed by atoms with Crippen molar-refractivity contribution in [2.24, 2.45) is 0 Å². The van der Waals surface area contributed by atoms with Crippen LogP contribution < -0.4 is 0 Å². The fraction of sp³-hybridized carbons (Fsp3) is 0.667. The molecular formula is C9H14N. The summed E-state index contributed by atoms with van der Waals surface area (Å²) >= 11 is 0. The van der Waals surface area contributed by atoms with E-state index in [1.807, 2.05) is 6.07 Å². The van der Waals surface area contributed by atoms with Crippen LogP contribution in [0.5, 0.6) is 0 Å². The molecule has 0 rings (SSSR count). The summed E-state index contributed by atoms with van der Waals surface area (Å²) in [5.74, 6) is 0. The highest BCUT2D eigenvalue weighted by Gasteiger charge is 1.88. The summed E-state index contributed by atoms with van der Waals surface area (Å²) in [5, 5.41) is 8.14. The van der Waals surface area contributed by atoms with Gasteiger partial charge in [-0.05, 0) is 19.8 Å². The van der Waals surface area contributed by atoms with Crippen molar-refractivity contribution in [2.45, 2.75) is 38.5 Å². The van der Waals surface area contributed by atoms with Crippen molar-refractivity contribution >= 4 is 0 Å². The SMILES string of the molecule is [CH]CCCCCC[CH]C#N. The molecule has 0 fully saturated rings. The molecule has 0 aliphatic rings. The fourth-order valence-electron chi connectivity index (χ4n) is 0.809. The van der Waals surface area contributed by atoms with Crippen LogP contribution >= 0.6 is 0 Å². The quantitative estimate of drug-likeness (QED) is 0.515. The van der Waals surface area contributed by atoms with Gasteiger partial charge in [-0.25, -0.2) is 0 Å². The third-order valence-electron chi connectivity index (χ3n) is 1.39. The molecular weight excluding hydrogens is 122 g/mol. The number of hydrogen-bond donors (Lipinski definition) is 0. The molecule has 0 aliphatic carbocycles. The lowest BCUT2D eigenvalue weighted by Crippen LogP contribution is -1.77. The first-order valence-electron chi connectivity index (χ1n) is 3.83. The van der Waals surface area contributed by atoms with E-state index in [1.165, 1.54) is 12.8 Å². The van der Waals surface area contributed by atoms with Crippen LogP contribution in [0.4, 0.5) is 0 Å². The van der Waals surface area contributed by atoms with Gasteiger partial charge in [-0.15, -0.1) is 0 Å². The molecule has 0 bridgehead atoms. The van der Waals surface area contributed by atoms with E-state index in [9.17, 15) is 0 Å². The molecule has 0 saturated heterocycles. The molecule has 0 atom stereocenters. The number of nitriles is 1. The van der Waals surface area contributed by atoms with Crippen LogP contribution in [-0.4, -0.2) is 0 Å². The average Bonchev–Trinajstić information content (AvgIpc) is 1.97. The van der Waals surface area contributed by atoms with E-state index in [0.717, 1.165) is 25.7 Å². The van der Waals surface area contributed by atoms with Crippen molar-refractivity contribution in [3.05, 3.63) is 13.3 Å². The lowest BCUT2D eigenvalue weighted by molar-refractivity contribution is 0.646. The molecule has 1 heteroatoms. The van der Waals surface area contributed by atoms with Crippen LogP contribution in [0, 0.1) is 24.7 Å². The maximum atomic E-state index is 8.14. The van der Waals surface area contributed by atoms with Gasteiger partial charge in [0.05, 0.1) is 12.5 Å². The van der Waals surface area contributed by atoms with E-state index in [2.05, 4.69) is 0 Å². The number of rotatable bonds is 6. The molecule has 0 aromatic heterocycles. The van der Waals surface area contributed by atoms with Crippen LogP contribution in [0.15, 0.2) is 0 Å². The van der Waals surface area contributed by atoms with Crippen molar-refractivity contribution < 1.29 is 0 Å². The Bertz CT molecular complexity index is 91.4. The van der Waals surface area contributed by atoms with Crippen LogP contribution in [0.2, 0.25) is 0 Å². The highest BCUT2D eigenvalue weighted by atomic mass is 14.2. The maximum absolute atomic E-state index is 8.14. The topological polar surface area (TPSA) is 23.8 Å². The molecule has 0 aromatic rings. The summed E-state index contributed by atoms with van der Waals surface area (Å²) in [6.07, 6.45) is 8.04. The lowest BCUT2D eigenvalue weighted by atomic mass is 10.1. The van der Waals surface area contributed by atoms with E-state index in [4.69, 9.17) is 12.2 Å². The van der Waals surface area contributed by atoms with Crippen molar-refractivity contribution in [2.75, 3.05) is 0 Å². The zero-order chi connectivity index (χ0) is 7.66. The largest absolute Gasteiger partial charge is 0.198 e. The summed E-state index contributed by atoms with van der Waals surface area (Å²) < 4.78 is 0. The minimum Gasteiger partial charge on any atom is -0.198 e. The van der Waals surface area contributed by atoms with Crippen LogP contribution in [0.25, 0.3) is 0 Å². The van der Waals surface area contributed by atoms with Gasteiger partial charge in [0, 0.05) is 0 Å². The highest BCUT2D eigenvalue weighted by Crippen LogP contribution is 2.05. The predicted molar refractivity (Wildman–Crippen MR) is 41.9 cm³/mol. The molecule has 3 radical (unpaired) electrons. The zero-order valence-corrected chi connectivity index (χ0v) is 6.34. The summed E-state index contributed by atoms with van der Waals surface area (Å²) in [7, 11) is 0. The van der Waals surface area contributed by atoms with Crippen molar-refractivity contribution in [3.8, 4) is 6.07 Å². The zero-order valence-electron chi connectivity index (χ0n) is 6.34. The van der Waals surface area contributed by atoms with E-state index in [0.29, 0.717) is 0 Å². The maximum Gasteiger partial charge on any atom is 0.0669 e. The third-order valence-corrected chi connectivity index (χ3v) is 1.39. The molecule has 0 aromatic carbocycles. The smallest absolute Gasteiger partial charge is 0.0669 e. The summed E-state index contributed by atoms with van der Waals surface area (Å²) in [5.41, 5.74) is 0. The van der Waals surface area contributed by atoms with Gasteiger partial charge in [-0.3, -0.25) is 0 Å². The standard InChI is InChI=1S/C9H14N/c1-2-3-4-5-6-7-8-9-10/h1,8H,2-7H2. The number of hydrogen-bond acceptors (Lipinski definition) is 1. The summed E-state index contributed by atoms with van der Waals surface area (Å²) in [4.78, 5) is 0. The Kier molecular flexibility index (Phi) is 8.06. The summed E-state index contributed by atoms with van der Waals surface area (Å²) in [6.45, 7) is 5.31. The van der Waals surface area contributed by atoms with Crippen molar-refractivity contribution in [1.82, 2.24) is 0 Å². The van der Waals surface area contributed by atoms with Gasteiger partial charge >= 0.3 is 0 Å². The van der Waals surface area contributed by atoms with Gasteiger partial charge in [-0.1, -0.05) is 25.7 Å². The van der Waals surface area contributed by atoms with E-state index in [1.54, 1.807) is 6.42 Å². The lowest BCUT2D eigenvalue weighted by Gasteiger charge is -1.95. The molecule has 10 heavy (non-hydrogen) atoms. The monoisotopic (exact) mass is 136 g/mol. The minimum atomic E-state index is 0.794. The van der Waals surface area contributed by atoms with E-state index < -0.39 is 0 Å². The Morgan fingerprint density at radius 2 is 1.90 bits per heavy atom. The first-order chi connectivity index (χ1) is 4.91. The van der Waals surface area contributed by atoms with Crippen LogP contribution in [0.3, 0.4) is 0 Å². The van der Waals surface area contributed by atoms with Gasteiger partial charge in [0.1, 0.15) is 0 Å². The van der Waals surface area contributed by atoms with Crippen molar-refractivity contribution in [1.29, 1.82) is 5.26 Å². The van der Waals surface area contributed by atoms with E-state index in [-0.39, 0.29) is 0 Å². The second-order valence-electron chi connectivity index (χ2n) is 2.32. The molecule has 0 amide bonds. The first kappa shape index (κ1) is 9.49. The van der Waals surface area contributed by atoms with Gasteiger partial charge in [0.2, 0.25) is 0 Å². The Hall–Kier alpha value is -0.510. The number of nitrogens with zero attached hydrogens (tertiary/aromatic N) is 1. The normalized spacial score (nSPS) is 9.20. The van der Waals surface area contributed by atoms with E-state index >= 15 is 0 Å². The number of unbranched alkanes of at least 4 members (excludes halogenated alkanes) is 6. The van der Waals surface area contributed by atoms with Gasteiger partial charge < -0.3 is 0 Å².